The second kappa shape index (κ2) is 11.2. The van der Waals surface area contributed by atoms with Crippen molar-refractivity contribution in [2.24, 2.45) is 0 Å². The van der Waals surface area contributed by atoms with E-state index in [1.54, 1.807) is 18.6 Å². The van der Waals surface area contributed by atoms with E-state index in [4.69, 9.17) is 0 Å². The molecule has 1 unspecified atom stereocenters. The lowest BCUT2D eigenvalue weighted by Crippen LogP contribution is -2.24. The first-order valence-electron chi connectivity index (χ1n) is 9.82. The number of hydrogen-bond donors (Lipinski definition) is 4. The Bertz CT molecular complexity index is 815. The van der Waals surface area contributed by atoms with E-state index in [1.165, 1.54) is 19.4 Å². The van der Waals surface area contributed by atoms with Crippen LogP contribution in [0.1, 0.15) is 39.2 Å². The molecule has 0 bridgehead atoms. The molecule has 2 aromatic rings. The number of aliphatic hydroxyl groups is 1. The molecule has 4 N–H and O–H groups in total. The summed E-state index contributed by atoms with van der Waals surface area (Å²) in [5, 5.41) is 18.6. The Hall–Kier alpha value is -2.67. The second-order valence-corrected chi connectivity index (χ2v) is 6.42. The number of fused-ring (bicyclic) bond motifs is 1. The van der Waals surface area contributed by atoms with E-state index in [0.717, 1.165) is 22.6 Å². The van der Waals surface area contributed by atoms with Crippen molar-refractivity contribution < 1.29 is 9.50 Å². The van der Waals surface area contributed by atoms with Crippen LogP contribution >= 0.6 is 0 Å². The minimum atomic E-state index is -0.570. The lowest BCUT2D eigenvalue weighted by molar-refractivity contribution is 0.370. The molecule has 1 saturated heterocycles. The molecule has 1 fully saturated rings. The Labute approximate surface area is 166 Å². The summed E-state index contributed by atoms with van der Waals surface area (Å²) < 4.78 is 13.2. The Balaban J connectivity index is 0.000000296. The molecule has 0 radical (unpaired) electrons. The first-order chi connectivity index (χ1) is 13.6. The third kappa shape index (κ3) is 6.20. The lowest BCUT2D eigenvalue weighted by Gasteiger charge is -2.16. The number of hydrogen-bond acceptors (Lipinski definition) is 6. The molecule has 3 heterocycles. The van der Waals surface area contributed by atoms with E-state index in [-0.39, 0.29) is 12.3 Å². The minimum absolute atomic E-state index is 0.0164. The number of benzene rings is 1. The van der Waals surface area contributed by atoms with Crippen molar-refractivity contribution >= 4 is 11.0 Å². The number of nitrogens with one attached hydrogen (secondary N) is 3. The van der Waals surface area contributed by atoms with Crippen LogP contribution in [0.2, 0.25) is 0 Å². The van der Waals surface area contributed by atoms with Gasteiger partial charge in [0.15, 0.2) is 11.6 Å². The van der Waals surface area contributed by atoms with Crippen molar-refractivity contribution in [3.05, 3.63) is 59.6 Å². The van der Waals surface area contributed by atoms with Crippen LogP contribution < -0.4 is 16.0 Å². The summed E-state index contributed by atoms with van der Waals surface area (Å²) >= 11 is 0. The van der Waals surface area contributed by atoms with Gasteiger partial charge in [-0.3, -0.25) is 9.97 Å². The van der Waals surface area contributed by atoms with E-state index in [1.807, 2.05) is 32.0 Å². The topological polar surface area (TPSA) is 82.1 Å². The zero-order valence-corrected chi connectivity index (χ0v) is 16.8. The Morgan fingerprint density at radius 2 is 1.96 bits per heavy atom. The van der Waals surface area contributed by atoms with Crippen LogP contribution in [0.4, 0.5) is 4.39 Å². The van der Waals surface area contributed by atoms with E-state index >= 15 is 0 Å². The summed E-state index contributed by atoms with van der Waals surface area (Å²) in [6.45, 7) is 7.94. The molecule has 0 amide bonds. The molecule has 1 aromatic heterocycles. The van der Waals surface area contributed by atoms with E-state index in [0.29, 0.717) is 12.2 Å². The highest BCUT2D eigenvalue weighted by atomic mass is 19.1. The summed E-state index contributed by atoms with van der Waals surface area (Å²) in [4.78, 5) is 8.42. The molecule has 28 heavy (non-hydrogen) atoms. The first kappa shape index (κ1) is 21.6. The van der Waals surface area contributed by atoms with E-state index in [9.17, 15) is 9.50 Å². The van der Waals surface area contributed by atoms with Crippen LogP contribution in [0, 0.1) is 0 Å². The van der Waals surface area contributed by atoms with Gasteiger partial charge in [-0.05, 0) is 44.0 Å². The van der Waals surface area contributed by atoms with Gasteiger partial charge in [0.25, 0.3) is 0 Å². The van der Waals surface area contributed by atoms with Gasteiger partial charge in [-0.25, -0.2) is 4.39 Å². The van der Waals surface area contributed by atoms with Gasteiger partial charge in [-0.1, -0.05) is 19.9 Å². The predicted molar refractivity (Wildman–Crippen MR) is 111 cm³/mol. The van der Waals surface area contributed by atoms with Crippen molar-refractivity contribution in [2.45, 2.75) is 46.2 Å². The maximum Gasteiger partial charge on any atom is 0.173 e. The van der Waals surface area contributed by atoms with Crippen LogP contribution in [0.5, 0.6) is 0 Å². The number of halogens is 1. The Morgan fingerprint density at radius 1 is 1.21 bits per heavy atom. The van der Waals surface area contributed by atoms with Crippen LogP contribution in [0.15, 0.2) is 54.1 Å². The molecule has 0 aliphatic carbocycles. The molecule has 6 nitrogen and oxygen atoms in total. The number of aromatic nitrogens is 2. The highest BCUT2D eigenvalue weighted by molar-refractivity contribution is 5.74. The van der Waals surface area contributed by atoms with E-state index < -0.39 is 5.83 Å². The SMILES string of the molecule is CC.CC1CCCN1.OC1=C(F)CNC=C1NCc1ccc2nccnc2c1. The largest absolute Gasteiger partial charge is 0.504 e. The van der Waals surface area contributed by atoms with Crippen LogP contribution in [-0.4, -0.2) is 34.2 Å². The molecular formula is C21H30FN5O. The molecule has 2 aliphatic rings. The fraction of sp³-hybridized carbons (Fsp3) is 0.429. The number of rotatable bonds is 3. The Morgan fingerprint density at radius 3 is 2.61 bits per heavy atom. The van der Waals surface area contributed by atoms with Crippen molar-refractivity contribution in [3.63, 3.8) is 0 Å². The number of dihydropyridines is 1. The number of nitrogens with zero attached hydrogens (tertiary/aromatic N) is 2. The van der Waals surface area contributed by atoms with Gasteiger partial charge in [0, 0.05) is 31.2 Å². The van der Waals surface area contributed by atoms with Gasteiger partial charge in [0.1, 0.15) is 0 Å². The van der Waals surface area contributed by atoms with Crippen molar-refractivity contribution in [2.75, 3.05) is 13.1 Å². The minimum Gasteiger partial charge on any atom is -0.504 e. The highest BCUT2D eigenvalue weighted by Crippen LogP contribution is 2.15. The molecule has 1 atom stereocenters. The third-order valence-corrected chi connectivity index (χ3v) is 4.34. The average Bonchev–Trinajstić information content (AvgIpc) is 3.22. The van der Waals surface area contributed by atoms with Gasteiger partial charge in [-0.15, -0.1) is 0 Å². The quantitative estimate of drug-likeness (QED) is 0.643. The maximum absolute atomic E-state index is 13.2. The fourth-order valence-corrected chi connectivity index (χ4v) is 2.85. The van der Waals surface area contributed by atoms with Gasteiger partial charge in [0.05, 0.1) is 23.3 Å². The summed E-state index contributed by atoms with van der Waals surface area (Å²) in [6.07, 6.45) is 7.59. The van der Waals surface area contributed by atoms with E-state index in [2.05, 4.69) is 32.8 Å². The summed E-state index contributed by atoms with van der Waals surface area (Å²) in [7, 11) is 0. The molecule has 0 spiro atoms. The zero-order chi connectivity index (χ0) is 20.4. The molecule has 1 aromatic carbocycles. The molecule has 0 saturated carbocycles. The van der Waals surface area contributed by atoms with Gasteiger partial charge < -0.3 is 21.1 Å². The maximum atomic E-state index is 13.2. The summed E-state index contributed by atoms with van der Waals surface area (Å²) in [5.41, 5.74) is 2.93. The van der Waals surface area contributed by atoms with Crippen LogP contribution in [0.3, 0.4) is 0 Å². The molecule has 7 heteroatoms. The van der Waals surface area contributed by atoms with Crippen molar-refractivity contribution in [3.8, 4) is 0 Å². The second-order valence-electron chi connectivity index (χ2n) is 6.42. The van der Waals surface area contributed by atoms with Gasteiger partial charge in [-0.2, -0.15) is 0 Å². The molecule has 4 rings (SSSR count). The lowest BCUT2D eigenvalue weighted by atomic mass is 10.2. The normalized spacial score (nSPS) is 18.3. The molecule has 152 valence electrons. The Kier molecular flexibility index (Phi) is 8.68. The average molecular weight is 388 g/mol. The molecule has 2 aliphatic heterocycles. The smallest absolute Gasteiger partial charge is 0.173 e. The van der Waals surface area contributed by atoms with Gasteiger partial charge in [0.2, 0.25) is 0 Å². The van der Waals surface area contributed by atoms with Crippen LogP contribution in [-0.2, 0) is 6.54 Å². The zero-order valence-electron chi connectivity index (χ0n) is 16.8. The highest BCUT2D eigenvalue weighted by Gasteiger charge is 2.14. The standard InChI is InChI=1S/C14H13FN4O.C5H11N.C2H6/c15-10-7-16-8-13(14(10)20)19-6-9-1-2-11-12(5-9)18-4-3-17-11;1-5-3-2-4-6-5;1-2/h1-5,8,16,19-20H,6-7H2;5-6H,2-4H2,1H3;1-2H3. The van der Waals surface area contributed by atoms with Crippen molar-refractivity contribution in [1.82, 2.24) is 25.9 Å². The van der Waals surface area contributed by atoms with Crippen LogP contribution in [0.25, 0.3) is 11.0 Å². The summed E-state index contributed by atoms with van der Waals surface area (Å²) in [5.74, 6) is -0.913. The van der Waals surface area contributed by atoms with Crippen molar-refractivity contribution in [1.29, 1.82) is 0 Å². The fourth-order valence-electron chi connectivity index (χ4n) is 2.85. The third-order valence-electron chi connectivity index (χ3n) is 4.34. The monoisotopic (exact) mass is 387 g/mol. The predicted octanol–water partition coefficient (Wildman–Crippen LogP) is 3.69. The number of aliphatic hydroxyl groups excluding tert-OH is 1. The summed E-state index contributed by atoms with van der Waals surface area (Å²) in [6, 6.07) is 6.50. The first-order valence-corrected chi connectivity index (χ1v) is 9.82. The molecular weight excluding hydrogens is 357 g/mol. The van der Waals surface area contributed by atoms with Gasteiger partial charge >= 0.3 is 0 Å².